The quantitative estimate of drug-likeness (QED) is 0.496. The van der Waals surface area contributed by atoms with Gasteiger partial charge in [-0.1, -0.05) is 30.3 Å². The summed E-state index contributed by atoms with van der Waals surface area (Å²) in [5, 5.41) is 6.13. The van der Waals surface area contributed by atoms with Gasteiger partial charge in [-0.15, -0.1) is 0 Å². The maximum absolute atomic E-state index is 11.9. The zero-order valence-corrected chi connectivity index (χ0v) is 15.7. The summed E-state index contributed by atoms with van der Waals surface area (Å²) in [7, 11) is 0. The molecule has 1 aliphatic heterocycles. The number of benzene rings is 3. The highest BCUT2D eigenvalue weighted by molar-refractivity contribution is 9.10. The van der Waals surface area contributed by atoms with Crippen LogP contribution >= 0.6 is 15.9 Å². The van der Waals surface area contributed by atoms with Crippen LogP contribution in [0.1, 0.15) is 5.56 Å². The van der Waals surface area contributed by atoms with E-state index in [2.05, 4.69) is 26.5 Å². The Labute approximate surface area is 163 Å². The second-order valence-electron chi connectivity index (χ2n) is 5.82. The van der Waals surface area contributed by atoms with Gasteiger partial charge >= 0.3 is 0 Å². The van der Waals surface area contributed by atoms with E-state index in [9.17, 15) is 4.79 Å². The number of amides is 1. The summed E-state index contributed by atoms with van der Waals surface area (Å²) < 4.78 is 16.9. The van der Waals surface area contributed by atoms with Crippen LogP contribution in [-0.4, -0.2) is 25.5 Å². The predicted octanol–water partition coefficient (Wildman–Crippen LogP) is 3.86. The highest BCUT2D eigenvalue weighted by Crippen LogP contribution is 2.36. The molecule has 3 aromatic carbocycles. The van der Waals surface area contributed by atoms with E-state index in [1.165, 1.54) is 6.21 Å². The third kappa shape index (κ3) is 4.03. The number of hydrogen-bond donors (Lipinski definition) is 1. The van der Waals surface area contributed by atoms with Crippen LogP contribution < -0.4 is 19.6 Å². The topological polar surface area (TPSA) is 69.2 Å². The minimum Gasteiger partial charge on any atom is -0.484 e. The highest BCUT2D eigenvalue weighted by atomic mass is 79.9. The fourth-order valence-corrected chi connectivity index (χ4v) is 3.07. The maximum Gasteiger partial charge on any atom is 0.277 e. The van der Waals surface area contributed by atoms with Gasteiger partial charge in [-0.25, -0.2) is 5.43 Å². The second-order valence-corrected chi connectivity index (χ2v) is 6.67. The minimum atomic E-state index is -0.351. The Morgan fingerprint density at radius 1 is 1.11 bits per heavy atom. The van der Waals surface area contributed by atoms with Crippen molar-refractivity contribution in [2.75, 3.05) is 13.4 Å². The SMILES string of the molecule is O=C(COc1ccc2ccccc2c1)N/N=C/c1cc2c(cc1Br)OCO2. The lowest BCUT2D eigenvalue weighted by molar-refractivity contribution is -0.123. The lowest BCUT2D eigenvalue weighted by Crippen LogP contribution is -2.24. The second kappa shape index (κ2) is 7.67. The van der Waals surface area contributed by atoms with E-state index in [0.717, 1.165) is 20.8 Å². The van der Waals surface area contributed by atoms with E-state index in [1.54, 1.807) is 12.1 Å². The highest BCUT2D eigenvalue weighted by Gasteiger charge is 2.15. The molecule has 1 heterocycles. The zero-order chi connectivity index (χ0) is 18.6. The molecule has 1 aliphatic rings. The van der Waals surface area contributed by atoms with Crippen LogP contribution in [0.2, 0.25) is 0 Å². The zero-order valence-electron chi connectivity index (χ0n) is 14.1. The summed E-state index contributed by atoms with van der Waals surface area (Å²) >= 11 is 3.43. The first-order chi connectivity index (χ1) is 13.2. The lowest BCUT2D eigenvalue weighted by atomic mass is 10.1. The molecule has 0 aromatic heterocycles. The predicted molar refractivity (Wildman–Crippen MR) is 105 cm³/mol. The van der Waals surface area contributed by atoms with Crippen LogP contribution in [0.25, 0.3) is 10.8 Å². The van der Waals surface area contributed by atoms with Crippen LogP contribution in [0, 0.1) is 0 Å². The van der Waals surface area contributed by atoms with Gasteiger partial charge in [0.1, 0.15) is 5.75 Å². The van der Waals surface area contributed by atoms with Crippen molar-refractivity contribution in [1.29, 1.82) is 0 Å². The van der Waals surface area contributed by atoms with Gasteiger partial charge in [0, 0.05) is 10.0 Å². The van der Waals surface area contributed by atoms with Gasteiger partial charge in [0.25, 0.3) is 5.91 Å². The van der Waals surface area contributed by atoms with Gasteiger partial charge in [0.15, 0.2) is 18.1 Å². The molecule has 0 saturated carbocycles. The molecular formula is C20H15BrN2O4. The van der Waals surface area contributed by atoms with E-state index in [-0.39, 0.29) is 19.3 Å². The molecule has 136 valence electrons. The van der Waals surface area contributed by atoms with Crippen LogP contribution in [0.15, 0.2) is 64.2 Å². The molecule has 4 rings (SSSR count). The summed E-state index contributed by atoms with van der Waals surface area (Å²) in [5.74, 6) is 1.60. The summed E-state index contributed by atoms with van der Waals surface area (Å²) in [6.07, 6.45) is 1.53. The largest absolute Gasteiger partial charge is 0.484 e. The molecule has 0 radical (unpaired) electrons. The molecule has 7 heteroatoms. The number of halogens is 1. The average Bonchev–Trinajstić information content (AvgIpc) is 3.13. The van der Waals surface area contributed by atoms with Crippen LogP contribution in [0.3, 0.4) is 0 Å². The number of nitrogens with zero attached hydrogens (tertiary/aromatic N) is 1. The fraction of sp³-hybridized carbons (Fsp3) is 0.100. The summed E-state index contributed by atoms with van der Waals surface area (Å²) in [4.78, 5) is 11.9. The molecule has 1 N–H and O–H groups in total. The smallest absolute Gasteiger partial charge is 0.277 e. The van der Waals surface area contributed by atoms with Gasteiger partial charge in [-0.2, -0.15) is 5.10 Å². The first kappa shape index (κ1) is 17.4. The Hall–Kier alpha value is -3.06. The van der Waals surface area contributed by atoms with Crippen molar-refractivity contribution < 1.29 is 19.0 Å². The van der Waals surface area contributed by atoms with Gasteiger partial charge in [0.05, 0.1) is 6.21 Å². The van der Waals surface area contributed by atoms with E-state index in [1.807, 2.05) is 42.5 Å². The first-order valence-corrected chi connectivity index (χ1v) is 9.01. The summed E-state index contributed by atoms with van der Waals surface area (Å²) in [6, 6.07) is 17.2. The van der Waals surface area contributed by atoms with Gasteiger partial charge in [0.2, 0.25) is 6.79 Å². The van der Waals surface area contributed by atoms with E-state index in [0.29, 0.717) is 17.2 Å². The Morgan fingerprint density at radius 2 is 1.89 bits per heavy atom. The molecular weight excluding hydrogens is 412 g/mol. The van der Waals surface area contributed by atoms with Crippen molar-refractivity contribution in [3.05, 3.63) is 64.6 Å². The monoisotopic (exact) mass is 426 g/mol. The summed E-state index contributed by atoms with van der Waals surface area (Å²) in [5.41, 5.74) is 3.21. The first-order valence-electron chi connectivity index (χ1n) is 8.22. The molecule has 0 spiro atoms. The fourth-order valence-electron chi connectivity index (χ4n) is 2.64. The molecule has 27 heavy (non-hydrogen) atoms. The molecule has 1 amide bonds. The number of hydrazone groups is 1. The van der Waals surface area contributed by atoms with Crippen molar-refractivity contribution in [2.45, 2.75) is 0 Å². The van der Waals surface area contributed by atoms with Crippen LogP contribution in [0.4, 0.5) is 0 Å². The Balaban J connectivity index is 1.33. The number of ether oxygens (including phenoxy) is 3. The molecule has 0 unspecified atom stereocenters. The minimum absolute atomic E-state index is 0.127. The normalized spacial score (nSPS) is 12.5. The lowest BCUT2D eigenvalue weighted by Gasteiger charge is -2.06. The molecule has 0 saturated heterocycles. The number of carbonyl (C=O) groups excluding carboxylic acids is 1. The van der Waals surface area contributed by atoms with Crippen LogP contribution in [-0.2, 0) is 4.79 Å². The van der Waals surface area contributed by atoms with E-state index in [4.69, 9.17) is 14.2 Å². The van der Waals surface area contributed by atoms with Crippen LogP contribution in [0.5, 0.6) is 17.2 Å². The molecule has 6 nitrogen and oxygen atoms in total. The Morgan fingerprint density at radius 3 is 2.74 bits per heavy atom. The average molecular weight is 427 g/mol. The molecule has 0 atom stereocenters. The van der Waals surface area contributed by atoms with Gasteiger partial charge < -0.3 is 14.2 Å². The number of nitrogens with one attached hydrogen (secondary N) is 1. The molecule has 0 bridgehead atoms. The molecule has 3 aromatic rings. The maximum atomic E-state index is 11.9. The number of carbonyl (C=O) groups is 1. The third-order valence-electron chi connectivity index (χ3n) is 3.98. The standard InChI is InChI=1S/C20H15BrN2O4/c21-17-9-19-18(26-12-27-19)8-15(17)10-22-23-20(24)11-25-16-6-5-13-3-1-2-4-14(13)7-16/h1-10H,11-12H2,(H,23,24)/b22-10+. The number of hydrogen-bond acceptors (Lipinski definition) is 5. The van der Waals surface area contributed by atoms with Crippen molar-refractivity contribution in [1.82, 2.24) is 5.43 Å². The third-order valence-corrected chi connectivity index (χ3v) is 4.66. The molecule has 0 fully saturated rings. The Kier molecular flexibility index (Phi) is 4.93. The van der Waals surface area contributed by atoms with E-state index >= 15 is 0 Å². The van der Waals surface area contributed by atoms with Crippen molar-refractivity contribution in [2.24, 2.45) is 5.10 Å². The van der Waals surface area contributed by atoms with E-state index < -0.39 is 0 Å². The van der Waals surface area contributed by atoms with Crippen molar-refractivity contribution in [3.8, 4) is 17.2 Å². The van der Waals surface area contributed by atoms with Gasteiger partial charge in [-0.3, -0.25) is 4.79 Å². The summed E-state index contributed by atoms with van der Waals surface area (Å²) in [6.45, 7) is 0.0726. The number of fused-ring (bicyclic) bond motifs is 2. The van der Waals surface area contributed by atoms with Crippen molar-refractivity contribution in [3.63, 3.8) is 0 Å². The Bertz CT molecular complexity index is 1040. The number of rotatable bonds is 5. The van der Waals surface area contributed by atoms with Gasteiger partial charge in [-0.05, 0) is 51.0 Å². The molecule has 0 aliphatic carbocycles. The van der Waals surface area contributed by atoms with Crippen molar-refractivity contribution >= 4 is 38.8 Å².